The number of hydrogen-bond acceptors (Lipinski definition) is 2. The van der Waals surface area contributed by atoms with E-state index >= 15 is 0 Å². The van der Waals surface area contributed by atoms with Crippen molar-refractivity contribution in [3.8, 4) is 0 Å². The molecule has 0 aromatic heterocycles. The van der Waals surface area contributed by atoms with E-state index < -0.39 is 5.60 Å². The van der Waals surface area contributed by atoms with Crippen LogP contribution in [0.2, 0.25) is 0 Å². The first-order chi connectivity index (χ1) is 10.2. The van der Waals surface area contributed by atoms with Gasteiger partial charge in [-0.2, -0.15) is 0 Å². The Hall–Kier alpha value is -1.58. The van der Waals surface area contributed by atoms with Gasteiger partial charge < -0.3 is 9.64 Å². The Morgan fingerprint density at radius 1 is 1.36 bits per heavy atom. The molecule has 0 bridgehead atoms. The van der Waals surface area contributed by atoms with Crippen molar-refractivity contribution in [2.45, 2.75) is 65.0 Å². The molecule has 1 aliphatic heterocycles. The summed E-state index contributed by atoms with van der Waals surface area (Å²) >= 11 is 0. The Balaban J connectivity index is 2.20. The van der Waals surface area contributed by atoms with E-state index in [0.29, 0.717) is 12.1 Å². The summed E-state index contributed by atoms with van der Waals surface area (Å²) in [6, 6.07) is 5.25. The maximum Gasteiger partial charge on any atom is 0.410 e. The number of amides is 1. The zero-order valence-corrected chi connectivity index (χ0v) is 14.1. The fraction of sp³-hybridized carbons (Fsp3) is 0.611. The molecule has 1 saturated heterocycles. The molecule has 1 fully saturated rings. The van der Waals surface area contributed by atoms with Gasteiger partial charge in [0.15, 0.2) is 0 Å². The summed E-state index contributed by atoms with van der Waals surface area (Å²) < 4.78 is 19.7. The Bertz CT molecular complexity index is 549. The molecule has 3 nitrogen and oxygen atoms in total. The lowest BCUT2D eigenvalue weighted by Crippen LogP contribution is -2.36. The Morgan fingerprint density at radius 2 is 2.05 bits per heavy atom. The summed E-state index contributed by atoms with van der Waals surface area (Å²) in [6.45, 7) is 10.2. The number of carbonyl (C=O) groups excluding carboxylic acids is 1. The molecule has 1 aliphatic rings. The number of likely N-dealkylation sites (tertiary alicyclic amines) is 1. The molecule has 0 saturated carbocycles. The highest BCUT2D eigenvalue weighted by Gasteiger charge is 2.33. The minimum atomic E-state index is -0.517. The van der Waals surface area contributed by atoms with Crippen LogP contribution in [-0.2, 0) is 4.74 Å². The largest absolute Gasteiger partial charge is 0.444 e. The molecule has 2 rings (SSSR count). The van der Waals surface area contributed by atoms with E-state index in [4.69, 9.17) is 4.74 Å². The van der Waals surface area contributed by atoms with E-state index in [1.165, 1.54) is 0 Å². The van der Waals surface area contributed by atoms with Crippen LogP contribution in [-0.4, -0.2) is 23.1 Å². The van der Waals surface area contributed by atoms with Crippen molar-refractivity contribution < 1.29 is 13.9 Å². The van der Waals surface area contributed by atoms with E-state index in [-0.39, 0.29) is 23.9 Å². The van der Waals surface area contributed by atoms with Gasteiger partial charge in [-0.05, 0) is 56.7 Å². The molecule has 0 aliphatic carbocycles. The van der Waals surface area contributed by atoms with Crippen LogP contribution in [0.5, 0.6) is 0 Å². The fourth-order valence-electron chi connectivity index (χ4n) is 2.87. The lowest BCUT2D eigenvalue weighted by molar-refractivity contribution is 0.0224. The van der Waals surface area contributed by atoms with Crippen molar-refractivity contribution in [3.63, 3.8) is 0 Å². The van der Waals surface area contributed by atoms with Crippen molar-refractivity contribution in [3.05, 3.63) is 35.1 Å². The van der Waals surface area contributed by atoms with E-state index in [1.807, 2.05) is 46.8 Å². The SMILES string of the molecule is CC(C)c1ccc(C2CCCN2C(=O)OC(C)(C)C)cc1F. The van der Waals surface area contributed by atoms with Crippen LogP contribution in [0.4, 0.5) is 9.18 Å². The number of carbonyl (C=O) groups is 1. The third-order valence-electron chi connectivity index (χ3n) is 3.91. The minimum absolute atomic E-state index is 0.0921. The zero-order valence-electron chi connectivity index (χ0n) is 14.1. The number of benzene rings is 1. The molecule has 1 amide bonds. The molecule has 1 aromatic carbocycles. The topological polar surface area (TPSA) is 29.5 Å². The van der Waals surface area contributed by atoms with Gasteiger partial charge in [-0.25, -0.2) is 9.18 Å². The molecule has 1 atom stereocenters. The summed E-state index contributed by atoms with van der Waals surface area (Å²) in [5, 5.41) is 0. The van der Waals surface area contributed by atoms with Gasteiger partial charge in [0.2, 0.25) is 0 Å². The molecule has 0 N–H and O–H groups in total. The molecule has 122 valence electrons. The van der Waals surface area contributed by atoms with Gasteiger partial charge in [0.1, 0.15) is 11.4 Å². The number of ether oxygens (including phenoxy) is 1. The Morgan fingerprint density at radius 3 is 2.59 bits per heavy atom. The van der Waals surface area contributed by atoms with Gasteiger partial charge in [0.05, 0.1) is 6.04 Å². The fourth-order valence-corrected chi connectivity index (χ4v) is 2.87. The quantitative estimate of drug-likeness (QED) is 0.767. The Kier molecular flexibility index (Phi) is 4.78. The first-order valence-corrected chi connectivity index (χ1v) is 7.98. The van der Waals surface area contributed by atoms with Gasteiger partial charge in [0, 0.05) is 6.54 Å². The van der Waals surface area contributed by atoms with Crippen molar-refractivity contribution >= 4 is 6.09 Å². The normalized spacial score (nSPS) is 18.9. The third kappa shape index (κ3) is 3.79. The van der Waals surface area contributed by atoms with Gasteiger partial charge in [-0.15, -0.1) is 0 Å². The number of hydrogen-bond donors (Lipinski definition) is 0. The second-order valence-electron chi connectivity index (χ2n) is 7.27. The van der Waals surface area contributed by atoms with E-state index in [1.54, 1.807) is 11.0 Å². The van der Waals surface area contributed by atoms with E-state index in [0.717, 1.165) is 18.4 Å². The average Bonchev–Trinajstić information content (AvgIpc) is 2.85. The average molecular weight is 307 g/mol. The molecule has 0 radical (unpaired) electrons. The highest BCUT2D eigenvalue weighted by molar-refractivity contribution is 5.69. The van der Waals surface area contributed by atoms with Crippen LogP contribution in [0.25, 0.3) is 0 Å². The summed E-state index contributed by atoms with van der Waals surface area (Å²) in [6.07, 6.45) is 1.44. The standard InChI is InChI=1S/C18H26FNO2/c1-12(2)14-9-8-13(11-15(14)19)16-7-6-10-20(16)17(21)22-18(3,4)5/h8-9,11-12,16H,6-7,10H2,1-5H3. The van der Waals surface area contributed by atoms with Crippen LogP contribution in [0, 0.1) is 5.82 Å². The Labute approximate surface area is 132 Å². The van der Waals surface area contributed by atoms with Gasteiger partial charge in [-0.1, -0.05) is 26.0 Å². The first-order valence-electron chi connectivity index (χ1n) is 7.98. The summed E-state index contributed by atoms with van der Waals surface area (Å²) in [4.78, 5) is 14.0. The predicted molar refractivity (Wildman–Crippen MR) is 85.4 cm³/mol. The number of halogens is 1. The highest BCUT2D eigenvalue weighted by Crippen LogP contribution is 2.34. The maximum atomic E-state index is 14.2. The number of nitrogens with zero attached hydrogens (tertiary/aromatic N) is 1. The molecular formula is C18H26FNO2. The van der Waals surface area contributed by atoms with Crippen molar-refractivity contribution in [2.24, 2.45) is 0 Å². The van der Waals surface area contributed by atoms with Crippen LogP contribution >= 0.6 is 0 Å². The van der Waals surface area contributed by atoms with E-state index in [2.05, 4.69) is 0 Å². The van der Waals surface area contributed by atoms with Crippen LogP contribution in [0.3, 0.4) is 0 Å². The smallest absolute Gasteiger partial charge is 0.410 e. The van der Waals surface area contributed by atoms with Gasteiger partial charge >= 0.3 is 6.09 Å². The third-order valence-corrected chi connectivity index (χ3v) is 3.91. The second kappa shape index (κ2) is 6.27. The summed E-state index contributed by atoms with van der Waals surface area (Å²) in [5.41, 5.74) is 1.05. The summed E-state index contributed by atoms with van der Waals surface area (Å²) in [5.74, 6) is -0.0388. The monoisotopic (exact) mass is 307 g/mol. The molecule has 1 aromatic rings. The molecular weight excluding hydrogens is 281 g/mol. The number of rotatable bonds is 2. The van der Waals surface area contributed by atoms with E-state index in [9.17, 15) is 9.18 Å². The molecule has 1 unspecified atom stereocenters. The predicted octanol–water partition coefficient (Wildman–Crippen LogP) is 5.02. The zero-order chi connectivity index (χ0) is 16.5. The van der Waals surface area contributed by atoms with Gasteiger partial charge in [-0.3, -0.25) is 0 Å². The van der Waals surface area contributed by atoms with Crippen LogP contribution < -0.4 is 0 Å². The lowest BCUT2D eigenvalue weighted by Gasteiger charge is -2.29. The first kappa shape index (κ1) is 16.8. The summed E-state index contributed by atoms with van der Waals surface area (Å²) in [7, 11) is 0. The van der Waals surface area contributed by atoms with Crippen molar-refractivity contribution in [1.82, 2.24) is 4.90 Å². The van der Waals surface area contributed by atoms with Crippen LogP contribution in [0.1, 0.15) is 70.5 Å². The highest BCUT2D eigenvalue weighted by atomic mass is 19.1. The molecule has 22 heavy (non-hydrogen) atoms. The minimum Gasteiger partial charge on any atom is -0.444 e. The lowest BCUT2D eigenvalue weighted by atomic mass is 9.97. The molecule has 0 spiro atoms. The maximum absolute atomic E-state index is 14.2. The van der Waals surface area contributed by atoms with Gasteiger partial charge in [0.25, 0.3) is 0 Å². The van der Waals surface area contributed by atoms with Crippen molar-refractivity contribution in [1.29, 1.82) is 0 Å². The molecule has 4 heteroatoms. The molecule has 1 heterocycles. The van der Waals surface area contributed by atoms with Crippen molar-refractivity contribution in [2.75, 3.05) is 6.54 Å². The second-order valence-corrected chi connectivity index (χ2v) is 7.27. The van der Waals surface area contributed by atoms with Crippen LogP contribution in [0.15, 0.2) is 18.2 Å².